The number of guanidine groups is 1. The molecule has 1 aromatic rings. The van der Waals surface area contributed by atoms with Crippen molar-refractivity contribution in [2.75, 3.05) is 26.2 Å². The SMILES string of the molecule is CCNC(=NCC(C)(C)NC(C)c1ccccc1)NC1CCN(C(N)=O)CC1.I. The Bertz CT molecular complexity index is 644. The average molecular weight is 516 g/mol. The summed E-state index contributed by atoms with van der Waals surface area (Å²) in [6.07, 6.45) is 1.75. The normalized spacial score (nSPS) is 16.7. The van der Waals surface area contributed by atoms with Crippen LogP contribution in [0.4, 0.5) is 4.79 Å². The van der Waals surface area contributed by atoms with Crippen LogP contribution in [0.3, 0.4) is 0 Å². The summed E-state index contributed by atoms with van der Waals surface area (Å²) in [4.78, 5) is 17.8. The maximum atomic E-state index is 11.3. The minimum atomic E-state index is -0.334. The summed E-state index contributed by atoms with van der Waals surface area (Å²) in [5.41, 5.74) is 6.49. The lowest BCUT2D eigenvalue weighted by molar-refractivity contribution is 0.188. The third-order valence-corrected chi connectivity index (χ3v) is 5.03. The van der Waals surface area contributed by atoms with Gasteiger partial charge in [-0.2, -0.15) is 0 Å². The molecule has 1 unspecified atom stereocenters. The molecule has 1 saturated heterocycles. The molecule has 5 N–H and O–H groups in total. The van der Waals surface area contributed by atoms with Gasteiger partial charge in [0.25, 0.3) is 0 Å². The molecule has 1 fully saturated rings. The lowest BCUT2D eigenvalue weighted by Crippen LogP contribution is -2.51. The van der Waals surface area contributed by atoms with Crippen molar-refractivity contribution in [2.45, 2.75) is 58.2 Å². The number of nitrogens with zero attached hydrogens (tertiary/aromatic N) is 2. The van der Waals surface area contributed by atoms with Gasteiger partial charge in [0.05, 0.1) is 6.54 Å². The van der Waals surface area contributed by atoms with Crippen LogP contribution < -0.4 is 21.7 Å². The summed E-state index contributed by atoms with van der Waals surface area (Å²) >= 11 is 0. The Kier molecular flexibility index (Phi) is 10.7. The molecule has 0 spiro atoms. The Balaban J connectivity index is 0.00000420. The third kappa shape index (κ3) is 8.77. The van der Waals surface area contributed by atoms with Gasteiger partial charge in [0.2, 0.25) is 0 Å². The number of halogens is 1. The zero-order valence-corrected chi connectivity index (χ0v) is 20.4. The number of primary amides is 1. The van der Waals surface area contributed by atoms with Crippen LogP contribution in [0.5, 0.6) is 0 Å². The van der Waals surface area contributed by atoms with Gasteiger partial charge in [-0.25, -0.2) is 4.79 Å². The summed E-state index contributed by atoms with van der Waals surface area (Å²) < 4.78 is 0. The topological polar surface area (TPSA) is 94.8 Å². The molecular formula is C21H37IN6O. The molecule has 2 rings (SSSR count). The number of amides is 2. The second-order valence-electron chi connectivity index (χ2n) is 8.10. The van der Waals surface area contributed by atoms with E-state index in [0.29, 0.717) is 25.7 Å². The molecule has 0 aliphatic carbocycles. The second-order valence-corrected chi connectivity index (χ2v) is 8.10. The zero-order valence-electron chi connectivity index (χ0n) is 18.1. The lowest BCUT2D eigenvalue weighted by Gasteiger charge is -2.32. The molecule has 1 aromatic carbocycles. The molecule has 2 amide bonds. The number of hydrogen-bond donors (Lipinski definition) is 4. The predicted molar refractivity (Wildman–Crippen MR) is 131 cm³/mol. The Labute approximate surface area is 192 Å². The van der Waals surface area contributed by atoms with Crippen LogP contribution in [0.15, 0.2) is 35.3 Å². The number of carbonyl (C=O) groups excluding carboxylic acids is 1. The first-order valence-electron chi connectivity index (χ1n) is 10.2. The largest absolute Gasteiger partial charge is 0.357 e. The number of piperidine rings is 1. The summed E-state index contributed by atoms with van der Waals surface area (Å²) in [5, 5.41) is 10.5. The fourth-order valence-electron chi connectivity index (χ4n) is 3.49. The monoisotopic (exact) mass is 516 g/mol. The molecule has 8 heteroatoms. The predicted octanol–water partition coefficient (Wildman–Crippen LogP) is 2.83. The van der Waals surface area contributed by atoms with Gasteiger partial charge in [-0.05, 0) is 46.1 Å². The molecular weight excluding hydrogens is 479 g/mol. The Hall–Kier alpha value is -1.55. The summed E-state index contributed by atoms with van der Waals surface area (Å²) in [5.74, 6) is 0.822. The van der Waals surface area contributed by atoms with Crippen molar-refractivity contribution < 1.29 is 4.79 Å². The highest BCUT2D eigenvalue weighted by Gasteiger charge is 2.23. The summed E-state index contributed by atoms with van der Waals surface area (Å²) in [7, 11) is 0. The minimum absolute atomic E-state index is 0. The zero-order chi connectivity index (χ0) is 20.6. The molecule has 1 aliphatic rings. The van der Waals surface area contributed by atoms with Gasteiger partial charge in [0.1, 0.15) is 0 Å². The summed E-state index contributed by atoms with van der Waals surface area (Å²) in [6.45, 7) is 11.4. The molecule has 0 radical (unpaired) electrons. The van der Waals surface area contributed by atoms with E-state index in [1.54, 1.807) is 4.90 Å². The van der Waals surface area contributed by atoms with Crippen LogP contribution in [0, 0.1) is 0 Å². The Morgan fingerprint density at radius 1 is 1.28 bits per heavy atom. The van der Waals surface area contributed by atoms with Gasteiger partial charge in [-0.15, -0.1) is 24.0 Å². The molecule has 1 aliphatic heterocycles. The minimum Gasteiger partial charge on any atom is -0.357 e. The Morgan fingerprint density at radius 2 is 1.90 bits per heavy atom. The van der Waals surface area contributed by atoms with Crippen molar-refractivity contribution in [1.82, 2.24) is 20.9 Å². The van der Waals surface area contributed by atoms with Crippen molar-refractivity contribution >= 4 is 36.0 Å². The van der Waals surface area contributed by atoms with Gasteiger partial charge in [0, 0.05) is 37.3 Å². The number of hydrogen-bond acceptors (Lipinski definition) is 3. The van der Waals surface area contributed by atoms with E-state index < -0.39 is 0 Å². The van der Waals surface area contributed by atoms with Crippen LogP contribution in [-0.4, -0.2) is 54.7 Å². The third-order valence-electron chi connectivity index (χ3n) is 5.03. The van der Waals surface area contributed by atoms with E-state index in [0.717, 1.165) is 25.3 Å². The molecule has 164 valence electrons. The standard InChI is InChI=1S/C21H36N6O.HI/c1-5-23-20(25-18-11-13-27(14-12-18)19(22)28)24-15-21(3,4)26-16(2)17-9-7-6-8-10-17;/h6-10,16,18,26H,5,11-15H2,1-4H3,(H2,22,28)(H2,23,24,25);1H. The Morgan fingerprint density at radius 3 is 2.45 bits per heavy atom. The number of benzene rings is 1. The fourth-order valence-corrected chi connectivity index (χ4v) is 3.49. The highest BCUT2D eigenvalue weighted by Crippen LogP contribution is 2.16. The highest BCUT2D eigenvalue weighted by atomic mass is 127. The number of nitrogens with two attached hydrogens (primary N) is 1. The first kappa shape index (κ1) is 25.5. The van der Waals surface area contributed by atoms with Crippen molar-refractivity contribution in [3.63, 3.8) is 0 Å². The quantitative estimate of drug-likeness (QED) is 0.255. The van der Waals surface area contributed by atoms with Crippen LogP contribution in [0.2, 0.25) is 0 Å². The average Bonchev–Trinajstić information content (AvgIpc) is 2.67. The molecule has 1 atom stereocenters. The number of aliphatic imine (C=N–C) groups is 1. The van der Waals surface area contributed by atoms with Gasteiger partial charge in [0.15, 0.2) is 5.96 Å². The maximum absolute atomic E-state index is 11.3. The van der Waals surface area contributed by atoms with E-state index in [4.69, 9.17) is 10.7 Å². The van der Waals surface area contributed by atoms with Crippen LogP contribution >= 0.6 is 24.0 Å². The second kappa shape index (κ2) is 12.2. The molecule has 0 bridgehead atoms. The first-order valence-corrected chi connectivity index (χ1v) is 10.2. The van der Waals surface area contributed by atoms with Crippen LogP contribution in [0.1, 0.15) is 52.1 Å². The molecule has 1 heterocycles. The van der Waals surface area contributed by atoms with E-state index in [2.05, 4.69) is 67.9 Å². The molecule has 29 heavy (non-hydrogen) atoms. The molecule has 7 nitrogen and oxygen atoms in total. The van der Waals surface area contributed by atoms with Crippen molar-refractivity contribution in [3.8, 4) is 0 Å². The van der Waals surface area contributed by atoms with Crippen molar-refractivity contribution in [1.29, 1.82) is 0 Å². The molecule has 0 aromatic heterocycles. The number of urea groups is 1. The maximum Gasteiger partial charge on any atom is 0.314 e. The van der Waals surface area contributed by atoms with Crippen LogP contribution in [-0.2, 0) is 0 Å². The van der Waals surface area contributed by atoms with Gasteiger partial charge in [-0.3, -0.25) is 4.99 Å². The van der Waals surface area contributed by atoms with E-state index in [1.807, 2.05) is 6.07 Å². The van der Waals surface area contributed by atoms with Gasteiger partial charge < -0.3 is 26.6 Å². The van der Waals surface area contributed by atoms with Gasteiger partial charge >= 0.3 is 6.03 Å². The number of carbonyl (C=O) groups is 1. The number of rotatable bonds is 7. The highest BCUT2D eigenvalue weighted by molar-refractivity contribution is 14.0. The molecule has 0 saturated carbocycles. The van der Waals surface area contributed by atoms with Crippen molar-refractivity contribution in [2.24, 2.45) is 10.7 Å². The van der Waals surface area contributed by atoms with E-state index in [-0.39, 0.29) is 41.6 Å². The lowest BCUT2D eigenvalue weighted by atomic mass is 10.0. The van der Waals surface area contributed by atoms with Crippen LogP contribution in [0.25, 0.3) is 0 Å². The van der Waals surface area contributed by atoms with E-state index in [1.165, 1.54) is 5.56 Å². The van der Waals surface area contributed by atoms with E-state index in [9.17, 15) is 4.79 Å². The summed E-state index contributed by atoms with van der Waals surface area (Å²) in [6, 6.07) is 10.7. The van der Waals surface area contributed by atoms with E-state index >= 15 is 0 Å². The number of likely N-dealkylation sites (tertiary alicyclic amines) is 1. The smallest absolute Gasteiger partial charge is 0.314 e. The number of nitrogens with one attached hydrogen (secondary N) is 3. The first-order chi connectivity index (χ1) is 13.3. The van der Waals surface area contributed by atoms with Gasteiger partial charge in [-0.1, -0.05) is 30.3 Å². The fraction of sp³-hybridized carbons (Fsp3) is 0.619. The van der Waals surface area contributed by atoms with Crippen molar-refractivity contribution in [3.05, 3.63) is 35.9 Å².